The van der Waals surface area contributed by atoms with Crippen molar-refractivity contribution in [2.75, 3.05) is 24.6 Å². The maximum Gasteiger partial charge on any atom is 0.133 e. The second-order valence-corrected chi connectivity index (χ2v) is 5.62. The van der Waals surface area contributed by atoms with E-state index in [1.807, 2.05) is 6.92 Å². The smallest absolute Gasteiger partial charge is 0.133 e. The number of ether oxygens (including phenoxy) is 1. The molecule has 0 saturated carbocycles. The van der Waals surface area contributed by atoms with Crippen LogP contribution in [0.25, 0.3) is 0 Å². The zero-order valence-electron chi connectivity index (χ0n) is 11.8. The number of aromatic nitrogens is 1. The normalized spacial score (nSPS) is 19.1. The fraction of sp³-hybridized carbons (Fsp3) is 0.643. The molecular weight excluding hydrogens is 226 g/mol. The van der Waals surface area contributed by atoms with E-state index < -0.39 is 0 Å². The monoisotopic (exact) mass is 249 g/mol. The maximum absolute atomic E-state index is 5.88. The Labute approximate surface area is 109 Å². The van der Waals surface area contributed by atoms with E-state index in [4.69, 9.17) is 10.5 Å². The van der Waals surface area contributed by atoms with Gasteiger partial charge in [-0.2, -0.15) is 0 Å². The first-order chi connectivity index (χ1) is 8.43. The van der Waals surface area contributed by atoms with Crippen LogP contribution in [0.1, 0.15) is 30.7 Å². The molecule has 4 heteroatoms. The topological polar surface area (TPSA) is 51.4 Å². The molecule has 0 atom stereocenters. The third-order valence-electron chi connectivity index (χ3n) is 3.38. The van der Waals surface area contributed by atoms with E-state index >= 15 is 0 Å². The van der Waals surface area contributed by atoms with Gasteiger partial charge in [0.05, 0.1) is 12.2 Å². The molecule has 0 amide bonds. The molecule has 1 saturated heterocycles. The van der Waals surface area contributed by atoms with Crippen molar-refractivity contribution in [1.29, 1.82) is 0 Å². The Hall–Kier alpha value is -1.13. The molecule has 1 aromatic heterocycles. The number of nitrogens with two attached hydrogens (primary N) is 1. The third-order valence-corrected chi connectivity index (χ3v) is 3.38. The molecule has 2 rings (SSSR count). The van der Waals surface area contributed by atoms with E-state index in [0.29, 0.717) is 6.54 Å². The highest BCUT2D eigenvalue weighted by atomic mass is 16.5. The lowest BCUT2D eigenvalue weighted by molar-refractivity contribution is -0.0279. The number of nitrogens with zero attached hydrogens (tertiary/aromatic N) is 2. The molecule has 2 N–H and O–H groups in total. The molecular formula is C14H23N3O. The van der Waals surface area contributed by atoms with Gasteiger partial charge in [-0.25, -0.2) is 4.98 Å². The fourth-order valence-electron chi connectivity index (χ4n) is 2.55. The van der Waals surface area contributed by atoms with Gasteiger partial charge >= 0.3 is 0 Å². The van der Waals surface area contributed by atoms with Crippen molar-refractivity contribution in [2.24, 2.45) is 5.73 Å². The second-order valence-electron chi connectivity index (χ2n) is 5.62. The Bertz CT molecular complexity index is 443. The maximum atomic E-state index is 5.88. The zero-order chi connectivity index (χ0) is 13.3. The molecule has 2 heterocycles. The van der Waals surface area contributed by atoms with Crippen LogP contribution in [0.2, 0.25) is 0 Å². The third kappa shape index (κ3) is 2.65. The number of anilines is 1. The zero-order valence-corrected chi connectivity index (χ0v) is 11.8. The van der Waals surface area contributed by atoms with Crippen LogP contribution in [0.5, 0.6) is 0 Å². The van der Waals surface area contributed by atoms with Crippen molar-refractivity contribution >= 4 is 5.82 Å². The molecule has 0 aromatic carbocycles. The number of aryl methyl sites for hydroxylation is 2. The fourth-order valence-corrected chi connectivity index (χ4v) is 2.55. The number of hydrogen-bond acceptors (Lipinski definition) is 4. The molecule has 0 spiro atoms. The van der Waals surface area contributed by atoms with Gasteiger partial charge < -0.3 is 15.4 Å². The van der Waals surface area contributed by atoms with Crippen LogP contribution in [0.3, 0.4) is 0 Å². The Kier molecular flexibility index (Phi) is 3.59. The van der Waals surface area contributed by atoms with Gasteiger partial charge in [-0.3, -0.25) is 0 Å². The van der Waals surface area contributed by atoms with Crippen molar-refractivity contribution < 1.29 is 4.74 Å². The van der Waals surface area contributed by atoms with Crippen LogP contribution >= 0.6 is 0 Å². The quantitative estimate of drug-likeness (QED) is 0.868. The summed E-state index contributed by atoms with van der Waals surface area (Å²) in [5.74, 6) is 1.03. The van der Waals surface area contributed by atoms with Gasteiger partial charge in [0.1, 0.15) is 5.82 Å². The predicted octanol–water partition coefficient (Wildman–Crippen LogP) is 1.77. The van der Waals surface area contributed by atoms with Crippen molar-refractivity contribution in [3.8, 4) is 0 Å². The molecule has 0 unspecified atom stereocenters. The Morgan fingerprint density at radius 1 is 1.44 bits per heavy atom. The summed E-state index contributed by atoms with van der Waals surface area (Å²) in [5.41, 5.74) is 9.18. The van der Waals surface area contributed by atoms with E-state index in [1.165, 1.54) is 5.56 Å². The minimum atomic E-state index is -0.122. The van der Waals surface area contributed by atoms with Crippen LogP contribution in [0.4, 0.5) is 5.82 Å². The van der Waals surface area contributed by atoms with Gasteiger partial charge in [-0.1, -0.05) is 0 Å². The Morgan fingerprint density at radius 2 is 2.17 bits per heavy atom. The first-order valence-corrected chi connectivity index (χ1v) is 6.49. The molecule has 0 aliphatic carbocycles. The molecule has 1 aromatic rings. The minimum Gasteiger partial charge on any atom is -0.372 e. The minimum absolute atomic E-state index is 0.122. The summed E-state index contributed by atoms with van der Waals surface area (Å²) < 4.78 is 5.75. The van der Waals surface area contributed by atoms with Crippen LogP contribution in [0, 0.1) is 13.8 Å². The van der Waals surface area contributed by atoms with Gasteiger partial charge in [0.15, 0.2) is 0 Å². The predicted molar refractivity (Wildman–Crippen MR) is 73.8 cm³/mol. The van der Waals surface area contributed by atoms with Gasteiger partial charge in [0.2, 0.25) is 0 Å². The summed E-state index contributed by atoms with van der Waals surface area (Å²) in [6.07, 6.45) is 0. The molecule has 100 valence electrons. The van der Waals surface area contributed by atoms with E-state index in [1.54, 1.807) is 0 Å². The lowest BCUT2D eigenvalue weighted by Crippen LogP contribution is -2.49. The highest BCUT2D eigenvalue weighted by Crippen LogP contribution is 2.26. The van der Waals surface area contributed by atoms with E-state index in [2.05, 4.69) is 36.7 Å². The highest BCUT2D eigenvalue weighted by Gasteiger charge is 2.29. The Morgan fingerprint density at radius 3 is 2.78 bits per heavy atom. The summed E-state index contributed by atoms with van der Waals surface area (Å²) >= 11 is 0. The van der Waals surface area contributed by atoms with Crippen LogP contribution in [-0.2, 0) is 11.3 Å². The van der Waals surface area contributed by atoms with Gasteiger partial charge in [0, 0.05) is 30.9 Å². The van der Waals surface area contributed by atoms with Crippen molar-refractivity contribution in [1.82, 2.24) is 4.98 Å². The average molecular weight is 249 g/mol. The molecule has 4 nitrogen and oxygen atoms in total. The number of morpholine rings is 1. The lowest BCUT2D eigenvalue weighted by atomic mass is 10.0. The first-order valence-electron chi connectivity index (χ1n) is 6.49. The molecule has 18 heavy (non-hydrogen) atoms. The summed E-state index contributed by atoms with van der Waals surface area (Å²) in [6, 6.07) is 2.09. The highest BCUT2D eigenvalue weighted by molar-refractivity contribution is 5.52. The Balaban J connectivity index is 2.37. The molecule has 1 aliphatic heterocycles. The van der Waals surface area contributed by atoms with Crippen LogP contribution < -0.4 is 10.6 Å². The van der Waals surface area contributed by atoms with Gasteiger partial charge in [-0.15, -0.1) is 0 Å². The van der Waals surface area contributed by atoms with Crippen molar-refractivity contribution in [3.63, 3.8) is 0 Å². The van der Waals surface area contributed by atoms with E-state index in [-0.39, 0.29) is 5.60 Å². The molecule has 1 aliphatic rings. The lowest BCUT2D eigenvalue weighted by Gasteiger charge is -2.39. The number of pyridine rings is 1. The first kappa shape index (κ1) is 13.3. The summed E-state index contributed by atoms with van der Waals surface area (Å²) in [6.45, 7) is 11.4. The number of rotatable bonds is 2. The summed E-state index contributed by atoms with van der Waals surface area (Å²) in [7, 11) is 0. The van der Waals surface area contributed by atoms with E-state index in [9.17, 15) is 0 Å². The molecule has 1 fully saturated rings. The van der Waals surface area contributed by atoms with Crippen molar-refractivity contribution in [2.45, 2.75) is 39.8 Å². The number of hydrogen-bond donors (Lipinski definition) is 1. The van der Waals surface area contributed by atoms with Crippen LogP contribution in [0.15, 0.2) is 6.07 Å². The summed E-state index contributed by atoms with van der Waals surface area (Å²) in [5, 5.41) is 0. The van der Waals surface area contributed by atoms with E-state index in [0.717, 1.165) is 36.8 Å². The SMILES string of the molecule is Cc1cc(C)c(CN)c(N2CCOC(C)(C)C2)n1. The largest absolute Gasteiger partial charge is 0.372 e. The van der Waals surface area contributed by atoms with Gasteiger partial charge in [-0.05, 0) is 39.3 Å². The van der Waals surface area contributed by atoms with Crippen molar-refractivity contribution in [3.05, 3.63) is 22.9 Å². The molecule has 0 radical (unpaired) electrons. The summed E-state index contributed by atoms with van der Waals surface area (Å²) in [4.78, 5) is 6.98. The second kappa shape index (κ2) is 4.86. The van der Waals surface area contributed by atoms with Crippen LogP contribution in [-0.4, -0.2) is 30.3 Å². The van der Waals surface area contributed by atoms with Gasteiger partial charge in [0.25, 0.3) is 0 Å². The average Bonchev–Trinajstić information content (AvgIpc) is 2.26. The standard InChI is InChI=1S/C14H23N3O/c1-10-7-11(2)16-13(12(10)8-15)17-5-6-18-14(3,4)9-17/h7H,5-6,8-9,15H2,1-4H3. The molecule has 0 bridgehead atoms.